The fourth-order valence-corrected chi connectivity index (χ4v) is 4.83. The van der Waals surface area contributed by atoms with E-state index in [2.05, 4.69) is 46.3 Å². The van der Waals surface area contributed by atoms with Gasteiger partial charge in [0.15, 0.2) is 0 Å². The fraction of sp³-hybridized carbons (Fsp3) is 0.304. The van der Waals surface area contributed by atoms with Crippen molar-refractivity contribution in [3.05, 3.63) is 88.6 Å². The van der Waals surface area contributed by atoms with Gasteiger partial charge in [0.05, 0.1) is 5.69 Å². The van der Waals surface area contributed by atoms with Crippen molar-refractivity contribution < 1.29 is 0 Å². The quantitative estimate of drug-likeness (QED) is 0.720. The van der Waals surface area contributed by atoms with Gasteiger partial charge in [-0.2, -0.15) is 0 Å². The third-order valence-corrected chi connectivity index (χ3v) is 5.86. The van der Waals surface area contributed by atoms with E-state index < -0.39 is 0 Å². The van der Waals surface area contributed by atoms with Crippen molar-refractivity contribution in [3.8, 4) is 11.1 Å². The molecule has 0 radical (unpaired) electrons. The lowest BCUT2D eigenvalue weighted by Gasteiger charge is -2.43. The number of likely N-dealkylation sites (tertiary alicyclic amines) is 1. The Morgan fingerprint density at radius 1 is 0.926 bits per heavy atom. The highest BCUT2D eigenvalue weighted by Gasteiger charge is 2.36. The first-order chi connectivity index (χ1) is 13.3. The van der Waals surface area contributed by atoms with E-state index in [0.29, 0.717) is 11.8 Å². The average Bonchev–Trinajstić information content (AvgIpc) is 2.70. The minimum Gasteiger partial charge on any atom is -0.311 e. The van der Waals surface area contributed by atoms with Gasteiger partial charge in [-0.3, -0.25) is 14.7 Å². The topological polar surface area (TPSA) is 38.1 Å². The Labute approximate surface area is 159 Å². The van der Waals surface area contributed by atoms with Crippen LogP contribution in [0.2, 0.25) is 0 Å². The highest BCUT2D eigenvalue weighted by molar-refractivity contribution is 5.66. The Balaban J connectivity index is 1.52. The first-order valence-corrected chi connectivity index (χ1v) is 9.69. The molecule has 2 aliphatic rings. The second-order valence-electron chi connectivity index (χ2n) is 7.76. The molecule has 3 aromatic rings. The first kappa shape index (κ1) is 16.5. The Hall–Kier alpha value is -2.72. The molecule has 0 N–H and O–H groups in total. The van der Waals surface area contributed by atoms with Gasteiger partial charge in [0.25, 0.3) is 5.56 Å². The largest absolute Gasteiger partial charge is 0.311 e. The van der Waals surface area contributed by atoms with Gasteiger partial charge in [-0.1, -0.05) is 36.4 Å². The highest BCUT2D eigenvalue weighted by atomic mass is 16.1. The summed E-state index contributed by atoms with van der Waals surface area (Å²) < 4.78 is 2.04. The van der Waals surface area contributed by atoms with Crippen LogP contribution in [0.1, 0.15) is 23.7 Å². The average molecular weight is 357 g/mol. The van der Waals surface area contributed by atoms with Gasteiger partial charge in [-0.25, -0.2) is 0 Å². The van der Waals surface area contributed by atoms with Crippen LogP contribution in [0, 0.1) is 5.92 Å². The molecule has 4 heteroatoms. The predicted molar refractivity (Wildman–Crippen MR) is 107 cm³/mol. The van der Waals surface area contributed by atoms with Crippen LogP contribution in [0.3, 0.4) is 0 Å². The molecule has 4 heterocycles. The van der Waals surface area contributed by atoms with E-state index in [1.807, 2.05) is 29.0 Å². The molecule has 2 bridgehead atoms. The number of benzene rings is 1. The van der Waals surface area contributed by atoms with Crippen LogP contribution >= 0.6 is 0 Å². The smallest absolute Gasteiger partial charge is 0.250 e. The van der Waals surface area contributed by atoms with E-state index in [9.17, 15) is 4.79 Å². The number of pyridine rings is 2. The van der Waals surface area contributed by atoms with Crippen molar-refractivity contribution in [2.75, 3.05) is 13.1 Å². The molecular formula is C23H23N3O. The van der Waals surface area contributed by atoms with Gasteiger partial charge in [-0.05, 0) is 36.1 Å². The second kappa shape index (κ2) is 6.78. The lowest BCUT2D eigenvalue weighted by Crippen LogP contribution is -2.47. The minimum absolute atomic E-state index is 0.137. The predicted octanol–water partition coefficient (Wildman–Crippen LogP) is 3.53. The summed E-state index contributed by atoms with van der Waals surface area (Å²) in [6.45, 7) is 3.72. The Kier molecular flexibility index (Phi) is 4.13. The summed E-state index contributed by atoms with van der Waals surface area (Å²) in [6, 6.07) is 20.3. The van der Waals surface area contributed by atoms with Crippen LogP contribution in [0.25, 0.3) is 11.1 Å². The molecule has 1 saturated heterocycles. The molecule has 1 fully saturated rings. The molecule has 0 saturated carbocycles. The van der Waals surface area contributed by atoms with Crippen LogP contribution in [-0.4, -0.2) is 27.5 Å². The number of nitrogens with zero attached hydrogens (tertiary/aromatic N) is 3. The zero-order chi connectivity index (χ0) is 18.2. The Bertz CT molecular complexity index is 997. The maximum absolute atomic E-state index is 12.6. The summed E-state index contributed by atoms with van der Waals surface area (Å²) in [6.07, 6.45) is 3.03. The van der Waals surface area contributed by atoms with Crippen molar-refractivity contribution in [2.45, 2.75) is 25.4 Å². The monoisotopic (exact) mass is 357 g/mol. The van der Waals surface area contributed by atoms with E-state index in [-0.39, 0.29) is 5.56 Å². The SMILES string of the molecule is O=c1ccc(-c2ccccc2)c2n1CC1CC2CN(Cc2ccccn2)C1. The first-order valence-electron chi connectivity index (χ1n) is 9.69. The molecule has 136 valence electrons. The van der Waals surface area contributed by atoms with Crippen molar-refractivity contribution in [1.82, 2.24) is 14.5 Å². The van der Waals surface area contributed by atoms with Crippen LogP contribution in [0.15, 0.2) is 71.7 Å². The minimum atomic E-state index is 0.137. The van der Waals surface area contributed by atoms with Crippen LogP contribution in [-0.2, 0) is 13.1 Å². The van der Waals surface area contributed by atoms with E-state index in [0.717, 1.165) is 31.9 Å². The van der Waals surface area contributed by atoms with Crippen molar-refractivity contribution >= 4 is 0 Å². The molecule has 27 heavy (non-hydrogen) atoms. The van der Waals surface area contributed by atoms with Gasteiger partial charge >= 0.3 is 0 Å². The van der Waals surface area contributed by atoms with Crippen LogP contribution in [0.5, 0.6) is 0 Å². The molecule has 2 unspecified atom stereocenters. The molecule has 0 spiro atoms. The van der Waals surface area contributed by atoms with Gasteiger partial charge < -0.3 is 4.57 Å². The maximum Gasteiger partial charge on any atom is 0.250 e. The number of fused-ring (bicyclic) bond motifs is 4. The molecular weight excluding hydrogens is 334 g/mol. The van der Waals surface area contributed by atoms with Crippen LogP contribution < -0.4 is 5.56 Å². The van der Waals surface area contributed by atoms with Gasteiger partial charge in [0, 0.05) is 55.6 Å². The third kappa shape index (κ3) is 3.10. The number of rotatable bonds is 3. The van der Waals surface area contributed by atoms with Crippen molar-refractivity contribution in [1.29, 1.82) is 0 Å². The van der Waals surface area contributed by atoms with Crippen molar-refractivity contribution in [3.63, 3.8) is 0 Å². The summed E-state index contributed by atoms with van der Waals surface area (Å²) in [5, 5.41) is 0. The molecule has 5 rings (SSSR count). The molecule has 2 aromatic heterocycles. The molecule has 2 atom stereocenters. The molecule has 2 aliphatic heterocycles. The fourth-order valence-electron chi connectivity index (χ4n) is 4.83. The maximum atomic E-state index is 12.6. The van der Waals surface area contributed by atoms with Crippen LogP contribution in [0.4, 0.5) is 0 Å². The van der Waals surface area contributed by atoms with E-state index >= 15 is 0 Å². The van der Waals surface area contributed by atoms with Crippen molar-refractivity contribution in [2.24, 2.45) is 5.92 Å². The highest BCUT2D eigenvalue weighted by Crippen LogP contribution is 2.40. The molecule has 0 amide bonds. The summed E-state index contributed by atoms with van der Waals surface area (Å²) >= 11 is 0. The number of piperidine rings is 1. The van der Waals surface area contributed by atoms with Gasteiger partial charge in [-0.15, -0.1) is 0 Å². The number of hydrogen-bond donors (Lipinski definition) is 0. The zero-order valence-corrected chi connectivity index (χ0v) is 15.3. The number of hydrogen-bond acceptors (Lipinski definition) is 3. The summed E-state index contributed by atoms with van der Waals surface area (Å²) in [7, 11) is 0. The Morgan fingerprint density at radius 2 is 1.78 bits per heavy atom. The van der Waals surface area contributed by atoms with E-state index in [1.54, 1.807) is 6.07 Å². The second-order valence-corrected chi connectivity index (χ2v) is 7.76. The van der Waals surface area contributed by atoms with E-state index in [4.69, 9.17) is 0 Å². The van der Waals surface area contributed by atoms with Gasteiger partial charge in [0.1, 0.15) is 0 Å². The lowest BCUT2D eigenvalue weighted by atomic mass is 9.80. The standard InChI is InChI=1S/C23H23N3O/c27-22-10-9-21(18-6-2-1-3-7-18)23-19-12-17(14-26(22)23)13-25(15-19)16-20-8-4-5-11-24-20/h1-11,17,19H,12-16H2. The summed E-state index contributed by atoms with van der Waals surface area (Å²) in [5.41, 5.74) is 4.87. The molecule has 1 aromatic carbocycles. The van der Waals surface area contributed by atoms with Gasteiger partial charge in [0.2, 0.25) is 0 Å². The normalized spacial score (nSPS) is 21.6. The third-order valence-electron chi connectivity index (χ3n) is 5.86. The zero-order valence-electron chi connectivity index (χ0n) is 15.3. The summed E-state index contributed by atoms with van der Waals surface area (Å²) in [5.74, 6) is 0.925. The molecule has 0 aliphatic carbocycles. The Morgan fingerprint density at radius 3 is 2.59 bits per heavy atom. The van der Waals surface area contributed by atoms with E-state index in [1.165, 1.54) is 23.2 Å². The molecule has 4 nitrogen and oxygen atoms in total. The lowest BCUT2D eigenvalue weighted by molar-refractivity contribution is 0.113. The number of aromatic nitrogens is 2. The summed E-state index contributed by atoms with van der Waals surface area (Å²) in [4.78, 5) is 19.6.